The fourth-order valence-corrected chi connectivity index (χ4v) is 2.56. The summed E-state index contributed by atoms with van der Waals surface area (Å²) in [6.07, 6.45) is 5.16. The molecule has 0 aliphatic rings. The van der Waals surface area contributed by atoms with E-state index in [0.717, 1.165) is 28.3 Å². The highest BCUT2D eigenvalue weighted by molar-refractivity contribution is 9.10. The average molecular weight is 333 g/mol. The van der Waals surface area contributed by atoms with E-state index in [9.17, 15) is 0 Å². The molecule has 0 spiro atoms. The molecule has 0 amide bonds. The second-order valence-electron chi connectivity index (χ2n) is 5.23. The number of nitrogens with zero attached hydrogens (tertiary/aromatic N) is 1. The molecular weight excluding hydrogens is 312 g/mol. The lowest BCUT2D eigenvalue weighted by Crippen LogP contribution is -2.24. The van der Waals surface area contributed by atoms with Crippen LogP contribution in [0.15, 0.2) is 40.5 Å². The van der Waals surface area contributed by atoms with Crippen molar-refractivity contribution < 1.29 is 0 Å². The Morgan fingerprint density at radius 2 is 2.15 bits per heavy atom. The number of rotatable bonds is 5. The zero-order valence-electron chi connectivity index (χ0n) is 12.3. The van der Waals surface area contributed by atoms with Gasteiger partial charge >= 0.3 is 0 Å². The highest BCUT2D eigenvalue weighted by Gasteiger charge is 2.05. The van der Waals surface area contributed by atoms with Crippen molar-refractivity contribution in [2.75, 3.05) is 6.54 Å². The summed E-state index contributed by atoms with van der Waals surface area (Å²) in [7, 11) is 0. The molecule has 0 atom stereocenters. The van der Waals surface area contributed by atoms with Crippen LogP contribution in [0, 0.1) is 0 Å². The Hall–Kier alpha value is -1.19. The van der Waals surface area contributed by atoms with Crippen molar-refractivity contribution in [2.45, 2.75) is 33.2 Å². The maximum Gasteiger partial charge on any atom is 0.0785 e. The van der Waals surface area contributed by atoms with Crippen LogP contribution in [0.3, 0.4) is 0 Å². The van der Waals surface area contributed by atoms with E-state index in [4.69, 9.17) is 0 Å². The fourth-order valence-electron chi connectivity index (χ4n) is 2.11. The molecule has 2 rings (SSSR count). The second-order valence-corrected chi connectivity index (χ2v) is 6.08. The average Bonchev–Trinajstić information content (AvgIpc) is 2.46. The molecule has 0 saturated heterocycles. The zero-order valence-corrected chi connectivity index (χ0v) is 13.9. The number of hydrogen-bond donors (Lipinski definition) is 1. The molecule has 1 aromatic heterocycles. The third kappa shape index (κ3) is 3.68. The third-order valence-corrected chi connectivity index (χ3v) is 3.99. The minimum absolute atomic E-state index is 0.504. The Morgan fingerprint density at radius 3 is 2.85 bits per heavy atom. The maximum absolute atomic E-state index is 4.53. The summed E-state index contributed by atoms with van der Waals surface area (Å²) in [5.74, 6) is 0. The van der Waals surface area contributed by atoms with Crippen LogP contribution in [0.5, 0.6) is 0 Å². The van der Waals surface area contributed by atoms with Crippen LogP contribution in [-0.4, -0.2) is 17.6 Å². The van der Waals surface area contributed by atoms with Crippen LogP contribution in [-0.2, 0) is 0 Å². The van der Waals surface area contributed by atoms with E-state index >= 15 is 0 Å². The van der Waals surface area contributed by atoms with Gasteiger partial charge in [0.2, 0.25) is 0 Å². The lowest BCUT2D eigenvalue weighted by molar-refractivity contribution is 0.617. The van der Waals surface area contributed by atoms with Gasteiger partial charge in [0, 0.05) is 34.2 Å². The molecule has 1 aromatic carbocycles. The Bertz CT molecular complexity index is 617. The van der Waals surface area contributed by atoms with Crippen molar-refractivity contribution in [3.05, 3.63) is 46.1 Å². The summed E-state index contributed by atoms with van der Waals surface area (Å²) in [4.78, 5) is 4.53. The van der Waals surface area contributed by atoms with E-state index in [1.54, 1.807) is 0 Å². The Kier molecular flexibility index (Phi) is 5.32. The summed E-state index contributed by atoms with van der Waals surface area (Å²) in [6.45, 7) is 7.47. The Labute approximate surface area is 129 Å². The van der Waals surface area contributed by atoms with Crippen molar-refractivity contribution in [1.29, 1.82) is 0 Å². The van der Waals surface area contributed by atoms with Crippen molar-refractivity contribution in [1.82, 2.24) is 10.3 Å². The lowest BCUT2D eigenvalue weighted by atomic mass is 10.0. The predicted octanol–water partition coefficient (Wildman–Crippen LogP) is 4.79. The van der Waals surface area contributed by atoms with E-state index in [2.05, 4.69) is 71.3 Å². The van der Waals surface area contributed by atoms with E-state index in [-0.39, 0.29) is 0 Å². The Balaban J connectivity index is 2.39. The number of hydrogen-bond acceptors (Lipinski definition) is 2. The van der Waals surface area contributed by atoms with Gasteiger partial charge in [-0.05, 0) is 18.6 Å². The molecule has 0 radical (unpaired) electrons. The number of aromatic nitrogens is 1. The van der Waals surface area contributed by atoms with Gasteiger partial charge in [0.15, 0.2) is 0 Å². The lowest BCUT2D eigenvalue weighted by Gasteiger charge is -2.11. The van der Waals surface area contributed by atoms with E-state index in [1.165, 1.54) is 11.1 Å². The summed E-state index contributed by atoms with van der Waals surface area (Å²) in [5, 5.41) is 4.64. The molecule has 0 fully saturated rings. The van der Waals surface area contributed by atoms with E-state index in [0.29, 0.717) is 6.04 Å². The van der Waals surface area contributed by atoms with Crippen molar-refractivity contribution in [2.24, 2.45) is 0 Å². The minimum Gasteiger partial charge on any atom is -0.311 e. The first-order valence-corrected chi connectivity index (χ1v) is 7.87. The topological polar surface area (TPSA) is 24.9 Å². The first kappa shape index (κ1) is 15.2. The summed E-state index contributed by atoms with van der Waals surface area (Å²) < 4.78 is 1.09. The summed E-state index contributed by atoms with van der Waals surface area (Å²) >= 11 is 3.59. The van der Waals surface area contributed by atoms with Gasteiger partial charge in [-0.2, -0.15) is 0 Å². The zero-order chi connectivity index (χ0) is 14.5. The van der Waals surface area contributed by atoms with Gasteiger partial charge < -0.3 is 5.32 Å². The SMILES string of the molecule is CC/C(=C/c1ccc(Br)c2cccnc12)CNC(C)C. The van der Waals surface area contributed by atoms with Gasteiger partial charge in [0.1, 0.15) is 0 Å². The molecular formula is C17H21BrN2. The smallest absolute Gasteiger partial charge is 0.0785 e. The van der Waals surface area contributed by atoms with Crippen LogP contribution in [0.1, 0.15) is 32.8 Å². The monoisotopic (exact) mass is 332 g/mol. The van der Waals surface area contributed by atoms with Crippen LogP contribution < -0.4 is 5.32 Å². The van der Waals surface area contributed by atoms with Crippen LogP contribution in [0.2, 0.25) is 0 Å². The van der Waals surface area contributed by atoms with Gasteiger partial charge in [-0.25, -0.2) is 0 Å². The van der Waals surface area contributed by atoms with E-state index < -0.39 is 0 Å². The fraction of sp³-hybridized carbons (Fsp3) is 0.353. The van der Waals surface area contributed by atoms with Crippen molar-refractivity contribution in [3.8, 4) is 0 Å². The van der Waals surface area contributed by atoms with Crippen LogP contribution >= 0.6 is 15.9 Å². The quantitative estimate of drug-likeness (QED) is 0.851. The molecule has 106 valence electrons. The van der Waals surface area contributed by atoms with Gasteiger partial charge in [0.05, 0.1) is 5.52 Å². The van der Waals surface area contributed by atoms with Gasteiger partial charge in [-0.15, -0.1) is 0 Å². The Morgan fingerprint density at radius 1 is 1.35 bits per heavy atom. The number of halogens is 1. The van der Waals surface area contributed by atoms with Gasteiger partial charge in [-0.3, -0.25) is 4.98 Å². The van der Waals surface area contributed by atoms with Crippen LogP contribution in [0.4, 0.5) is 0 Å². The molecule has 3 heteroatoms. The maximum atomic E-state index is 4.53. The summed E-state index contributed by atoms with van der Waals surface area (Å²) in [6, 6.07) is 8.80. The molecule has 0 unspecified atom stereocenters. The molecule has 0 bridgehead atoms. The number of pyridine rings is 1. The molecule has 1 heterocycles. The molecule has 2 nitrogen and oxygen atoms in total. The molecule has 0 saturated carbocycles. The summed E-state index contributed by atoms with van der Waals surface area (Å²) in [5.41, 5.74) is 3.64. The largest absolute Gasteiger partial charge is 0.311 e. The number of fused-ring (bicyclic) bond motifs is 1. The standard InChI is InChI=1S/C17H21BrN2/c1-4-13(11-20-12(2)3)10-14-7-8-16(18)15-6-5-9-19-17(14)15/h5-10,12,20H,4,11H2,1-3H3/b13-10-. The molecule has 2 aromatic rings. The van der Waals surface area contributed by atoms with Crippen LogP contribution in [0.25, 0.3) is 17.0 Å². The highest BCUT2D eigenvalue weighted by Crippen LogP contribution is 2.26. The molecule has 0 aliphatic carbocycles. The molecule has 20 heavy (non-hydrogen) atoms. The predicted molar refractivity (Wildman–Crippen MR) is 90.8 cm³/mol. The highest BCUT2D eigenvalue weighted by atomic mass is 79.9. The van der Waals surface area contributed by atoms with E-state index in [1.807, 2.05) is 12.3 Å². The molecule has 0 aliphatic heterocycles. The van der Waals surface area contributed by atoms with Gasteiger partial charge in [-0.1, -0.05) is 60.5 Å². The first-order chi connectivity index (χ1) is 9.61. The van der Waals surface area contributed by atoms with Gasteiger partial charge in [0.25, 0.3) is 0 Å². The molecule has 1 N–H and O–H groups in total. The van der Waals surface area contributed by atoms with Crippen molar-refractivity contribution in [3.63, 3.8) is 0 Å². The number of nitrogens with one attached hydrogen (secondary N) is 1. The number of benzene rings is 1. The minimum atomic E-state index is 0.504. The first-order valence-electron chi connectivity index (χ1n) is 7.08. The second kappa shape index (κ2) is 7.00. The van der Waals surface area contributed by atoms with Crippen molar-refractivity contribution >= 4 is 32.9 Å². The third-order valence-electron chi connectivity index (χ3n) is 3.30. The normalized spacial score (nSPS) is 12.3.